The molecule has 0 bridgehead atoms. The van der Waals surface area contributed by atoms with Crippen LogP contribution in [-0.2, 0) is 25.2 Å². The van der Waals surface area contributed by atoms with Gasteiger partial charge in [-0.3, -0.25) is 14.4 Å². The number of aryl methyl sites for hydroxylation is 2. The van der Waals surface area contributed by atoms with Crippen LogP contribution in [0.3, 0.4) is 0 Å². The van der Waals surface area contributed by atoms with Gasteiger partial charge >= 0.3 is 25.5 Å². The molecule has 0 spiro atoms. The van der Waals surface area contributed by atoms with E-state index in [9.17, 15) is 28.0 Å². The number of nitrogens with zero attached hydrogens (tertiary/aromatic N) is 2. The van der Waals surface area contributed by atoms with Crippen molar-refractivity contribution in [3.63, 3.8) is 0 Å². The lowest BCUT2D eigenvalue weighted by atomic mass is 10.1. The first-order valence-corrected chi connectivity index (χ1v) is 12.2. The lowest BCUT2D eigenvalue weighted by Crippen LogP contribution is -2.42. The van der Waals surface area contributed by atoms with E-state index in [1.807, 2.05) is 26.0 Å². The van der Waals surface area contributed by atoms with E-state index >= 15 is 0 Å². The van der Waals surface area contributed by atoms with E-state index in [0.29, 0.717) is 15.9 Å². The summed E-state index contributed by atoms with van der Waals surface area (Å²) in [7, 11) is -5.02. The van der Waals surface area contributed by atoms with Gasteiger partial charge in [0.15, 0.2) is 12.7 Å². The summed E-state index contributed by atoms with van der Waals surface area (Å²) in [6.45, 7) is 2.53. The van der Waals surface area contributed by atoms with E-state index < -0.39 is 50.6 Å². The number of aromatic nitrogens is 2. The number of hydrogen-bond acceptors (Lipinski definition) is 9. The summed E-state index contributed by atoms with van der Waals surface area (Å²) < 4.78 is 60.0. The molecule has 200 valence electrons. The number of phosphoric acid groups is 1. The van der Waals surface area contributed by atoms with Crippen molar-refractivity contribution in [1.29, 1.82) is 0 Å². The fourth-order valence-electron chi connectivity index (χ4n) is 3.85. The van der Waals surface area contributed by atoms with Gasteiger partial charge in [0.2, 0.25) is 6.23 Å². The molecule has 16 heteroatoms. The smallest absolute Gasteiger partial charge is 0.457 e. The number of phosphoric ester groups is 1. The van der Waals surface area contributed by atoms with E-state index in [1.165, 1.54) is 0 Å². The van der Waals surface area contributed by atoms with Gasteiger partial charge in [-0.05, 0) is 37.6 Å². The van der Waals surface area contributed by atoms with Crippen LogP contribution >= 0.6 is 7.82 Å². The predicted octanol–water partition coefficient (Wildman–Crippen LogP) is 2.36. The van der Waals surface area contributed by atoms with Gasteiger partial charge in [-0.15, -0.1) is 0 Å². The highest BCUT2D eigenvalue weighted by Crippen LogP contribution is 2.44. The number of ether oxygens (including phenoxy) is 2. The molecular weight excluding hydrogens is 523 g/mol. The molecule has 0 saturated carbocycles. The second kappa shape index (κ2) is 9.93. The number of benzene rings is 1. The van der Waals surface area contributed by atoms with Crippen LogP contribution in [0.2, 0.25) is 0 Å². The third-order valence-corrected chi connectivity index (χ3v) is 5.93. The zero-order valence-electron chi connectivity index (χ0n) is 19.3. The Hall–Kier alpha value is -3.20. The molecule has 1 saturated heterocycles. The number of furan rings is 1. The molecule has 2 aromatic heterocycles. The van der Waals surface area contributed by atoms with E-state index in [0.717, 1.165) is 28.8 Å². The van der Waals surface area contributed by atoms with Crippen LogP contribution in [0.4, 0.5) is 19.4 Å². The first-order chi connectivity index (χ1) is 17.2. The predicted molar refractivity (Wildman–Crippen MR) is 121 cm³/mol. The van der Waals surface area contributed by atoms with Crippen molar-refractivity contribution in [2.75, 3.05) is 11.9 Å². The third-order valence-electron chi connectivity index (χ3n) is 5.44. The van der Waals surface area contributed by atoms with Crippen molar-refractivity contribution in [3.05, 3.63) is 57.8 Å². The highest BCUT2D eigenvalue weighted by Gasteiger charge is 2.60. The average Bonchev–Trinajstić information content (AvgIpc) is 3.29. The van der Waals surface area contributed by atoms with Crippen molar-refractivity contribution in [2.45, 2.75) is 44.8 Å². The van der Waals surface area contributed by atoms with Gasteiger partial charge < -0.3 is 28.8 Å². The maximum absolute atomic E-state index is 14.5. The molecule has 3 aromatic rings. The van der Waals surface area contributed by atoms with Crippen LogP contribution in [-0.4, -0.2) is 55.3 Å². The molecule has 1 aliphatic rings. The molecule has 13 nitrogen and oxygen atoms in total. The monoisotopic (exact) mass is 545 g/mol. The molecule has 1 amide bonds. The Morgan fingerprint density at radius 3 is 2.70 bits per heavy atom. The molecule has 3 heterocycles. The second-order valence-electron chi connectivity index (χ2n) is 8.35. The Kier molecular flexibility index (Phi) is 7.21. The number of aliphatic hydroxyl groups excluding tert-OH is 1. The summed E-state index contributed by atoms with van der Waals surface area (Å²) in [5, 5.41) is 12.8. The number of rotatable bonds is 7. The van der Waals surface area contributed by atoms with Crippen LogP contribution < -0.4 is 11.0 Å². The Labute approximate surface area is 206 Å². The van der Waals surface area contributed by atoms with E-state index in [2.05, 4.69) is 14.8 Å². The minimum absolute atomic E-state index is 0.228. The van der Waals surface area contributed by atoms with Gasteiger partial charge in [0, 0.05) is 11.6 Å². The van der Waals surface area contributed by atoms with Gasteiger partial charge in [-0.1, -0.05) is 11.6 Å². The van der Waals surface area contributed by atoms with Gasteiger partial charge in [0.1, 0.15) is 23.3 Å². The number of fused-ring (bicyclic) bond motifs is 1. The number of carbonyl (C=O) groups is 1. The molecule has 37 heavy (non-hydrogen) atoms. The van der Waals surface area contributed by atoms with E-state index in [-0.39, 0.29) is 12.4 Å². The molecule has 1 aliphatic heterocycles. The fourth-order valence-corrected chi connectivity index (χ4v) is 4.19. The van der Waals surface area contributed by atoms with Crippen LogP contribution in [0.1, 0.15) is 23.1 Å². The molecule has 0 radical (unpaired) electrons. The number of halogens is 2. The van der Waals surface area contributed by atoms with Gasteiger partial charge in [0.05, 0.1) is 6.61 Å². The number of aliphatic hydroxyl groups is 1. The third kappa shape index (κ3) is 5.87. The number of alkyl halides is 2. The summed E-state index contributed by atoms with van der Waals surface area (Å²) in [5.74, 6) is -3.98. The van der Waals surface area contributed by atoms with Crippen molar-refractivity contribution in [2.24, 2.45) is 0 Å². The van der Waals surface area contributed by atoms with Crippen LogP contribution in [0.25, 0.3) is 11.0 Å². The largest absolute Gasteiger partial charge is 0.469 e. The summed E-state index contributed by atoms with van der Waals surface area (Å²) in [6.07, 6.45) is -6.89. The Balaban J connectivity index is 1.40. The molecule has 0 aliphatic carbocycles. The minimum Gasteiger partial charge on any atom is -0.457 e. The zero-order valence-corrected chi connectivity index (χ0v) is 20.2. The summed E-state index contributed by atoms with van der Waals surface area (Å²) in [4.78, 5) is 45.4. The number of hydrogen-bond donors (Lipinski definition) is 4. The lowest BCUT2D eigenvalue weighted by Gasteiger charge is -2.21. The summed E-state index contributed by atoms with van der Waals surface area (Å²) >= 11 is 0. The molecule has 2 unspecified atom stereocenters. The Bertz CT molecular complexity index is 1440. The Morgan fingerprint density at radius 2 is 2.03 bits per heavy atom. The minimum atomic E-state index is -5.02. The first-order valence-electron chi connectivity index (χ1n) is 10.7. The molecule has 4 rings (SSSR count). The van der Waals surface area contributed by atoms with Crippen LogP contribution in [0.5, 0.6) is 0 Å². The number of amides is 1. The highest BCUT2D eigenvalue weighted by atomic mass is 31.2. The van der Waals surface area contributed by atoms with Crippen molar-refractivity contribution in [3.8, 4) is 0 Å². The molecule has 4 N–H and O–H groups in total. The van der Waals surface area contributed by atoms with Gasteiger partial charge in [-0.25, -0.2) is 14.2 Å². The Morgan fingerprint density at radius 1 is 1.30 bits per heavy atom. The van der Waals surface area contributed by atoms with Crippen LogP contribution in [0, 0.1) is 13.8 Å². The highest BCUT2D eigenvalue weighted by molar-refractivity contribution is 7.46. The van der Waals surface area contributed by atoms with Crippen molar-refractivity contribution in [1.82, 2.24) is 9.55 Å². The number of nitrogens with one attached hydrogen (secondary N) is 1. The first kappa shape index (κ1) is 26.9. The normalized spacial score (nSPS) is 21.3. The topological polar surface area (TPSA) is 183 Å². The maximum atomic E-state index is 14.5. The molecule has 3 atom stereocenters. The average molecular weight is 545 g/mol. The van der Waals surface area contributed by atoms with Gasteiger partial charge in [-0.2, -0.15) is 13.8 Å². The fraction of sp³-hybridized carbons (Fsp3) is 0.381. The summed E-state index contributed by atoms with van der Waals surface area (Å²) in [5.41, 5.74) is 1.34. The number of anilines is 1. The summed E-state index contributed by atoms with van der Waals surface area (Å²) in [6, 6.07) is 6.59. The van der Waals surface area contributed by atoms with E-state index in [1.54, 1.807) is 6.07 Å². The van der Waals surface area contributed by atoms with Crippen molar-refractivity contribution >= 4 is 30.7 Å². The molecule has 1 aromatic carbocycles. The molecule has 1 fully saturated rings. The maximum Gasteiger partial charge on any atom is 0.469 e. The zero-order chi connectivity index (χ0) is 27.1. The van der Waals surface area contributed by atoms with Gasteiger partial charge in [0.25, 0.3) is 0 Å². The standard InChI is InChI=1S/C21H22F2N3O10P/c1-10-5-11(2)16-12(6-10)7-13(35-16)8-33-20(29)25-15-3-4-26(19(28)24-15)18-21(22,23)17(27)14(36-18)9-34-37(30,31)32/h3-7,14,17-18,27H,8-9H2,1-2H3,(H2,30,31,32)(H,24,25,28,29)/t14?,17-,18?/m1/s1. The number of carbonyl (C=O) groups excluding carboxylic acids is 1. The van der Waals surface area contributed by atoms with E-state index in [4.69, 9.17) is 23.7 Å². The lowest BCUT2D eigenvalue weighted by molar-refractivity contribution is -0.140. The molecular formula is C21H22F2N3O10P. The second-order valence-corrected chi connectivity index (χ2v) is 9.59. The van der Waals surface area contributed by atoms with Crippen molar-refractivity contribution < 1.29 is 51.4 Å². The van der Waals surface area contributed by atoms with Crippen LogP contribution in [0.15, 0.2) is 39.7 Å². The SMILES string of the molecule is Cc1cc(C)c2oc(COC(=O)Nc3ccn(C4OC(COP(=O)(O)O)[C@@H](O)C4(F)F)c(=O)n3)cc2c1. The quantitative estimate of drug-likeness (QED) is 0.320.